The fraction of sp³-hybridized carbons (Fsp3) is 0.600. The molecule has 0 radical (unpaired) electrons. The first-order chi connectivity index (χ1) is 14.1. The first kappa shape index (κ1) is 22.5. The van der Waals surface area contributed by atoms with Gasteiger partial charge in [0.1, 0.15) is 11.9 Å². The molecule has 1 aliphatic carbocycles. The van der Waals surface area contributed by atoms with Crippen molar-refractivity contribution >= 4 is 11.9 Å². The molecule has 30 heavy (non-hydrogen) atoms. The van der Waals surface area contributed by atoms with Crippen molar-refractivity contribution in [1.82, 2.24) is 10.2 Å². The van der Waals surface area contributed by atoms with Crippen molar-refractivity contribution < 1.29 is 37.0 Å². The average Bonchev–Trinajstić information content (AvgIpc) is 3.41. The maximum atomic E-state index is 13.9. The number of carbonyl (C=O) groups is 2. The quantitative estimate of drug-likeness (QED) is 0.716. The summed E-state index contributed by atoms with van der Waals surface area (Å²) < 4.78 is 51.6. The first-order valence-electron chi connectivity index (χ1n) is 9.88. The van der Waals surface area contributed by atoms with Gasteiger partial charge in [-0.05, 0) is 38.2 Å². The standard InChI is InChI=1S/C18H23FN2O2.C2HF3O2/c19-14-4-2-1-3-12(14)11-21-10-9-16-15(21)7-8-17(23-16)18(22)20-13-5-6-13;3-2(4,5)1(6)7/h1-4,13,15-17H,5-11H2,(H,20,22);(H,6,7)/t15-,16-,17-;/m1./s1. The van der Waals surface area contributed by atoms with E-state index in [4.69, 9.17) is 14.6 Å². The van der Waals surface area contributed by atoms with Crippen LogP contribution in [0.15, 0.2) is 24.3 Å². The summed E-state index contributed by atoms with van der Waals surface area (Å²) in [5.41, 5.74) is 0.738. The van der Waals surface area contributed by atoms with Crippen LogP contribution in [-0.4, -0.2) is 58.9 Å². The average molecular weight is 432 g/mol. The Morgan fingerprint density at radius 3 is 2.40 bits per heavy atom. The highest BCUT2D eigenvalue weighted by Crippen LogP contribution is 2.33. The van der Waals surface area contributed by atoms with E-state index in [-0.39, 0.29) is 23.9 Å². The van der Waals surface area contributed by atoms with Crippen molar-refractivity contribution in [1.29, 1.82) is 0 Å². The number of ether oxygens (including phenoxy) is 1. The van der Waals surface area contributed by atoms with Crippen molar-refractivity contribution in [3.05, 3.63) is 35.6 Å². The number of hydrogen-bond acceptors (Lipinski definition) is 4. The van der Waals surface area contributed by atoms with E-state index in [0.29, 0.717) is 18.6 Å². The number of fused-ring (bicyclic) bond motifs is 1. The molecule has 2 saturated heterocycles. The van der Waals surface area contributed by atoms with E-state index in [0.717, 1.165) is 44.2 Å². The number of carboxylic acid groups (broad SMARTS) is 1. The van der Waals surface area contributed by atoms with Gasteiger partial charge in [0, 0.05) is 30.7 Å². The summed E-state index contributed by atoms with van der Waals surface area (Å²) in [5, 5.41) is 10.2. The third kappa shape index (κ3) is 5.91. The summed E-state index contributed by atoms with van der Waals surface area (Å²) in [4.78, 5) is 23.4. The molecule has 166 valence electrons. The fourth-order valence-electron chi connectivity index (χ4n) is 3.77. The number of aliphatic carboxylic acids is 1. The lowest BCUT2D eigenvalue weighted by Crippen LogP contribution is -2.48. The van der Waals surface area contributed by atoms with Crippen LogP contribution in [0.1, 0.15) is 37.7 Å². The summed E-state index contributed by atoms with van der Waals surface area (Å²) >= 11 is 0. The van der Waals surface area contributed by atoms with E-state index in [1.807, 2.05) is 12.1 Å². The molecule has 1 amide bonds. The van der Waals surface area contributed by atoms with Crippen molar-refractivity contribution in [2.45, 2.75) is 69.1 Å². The normalized spacial score (nSPS) is 26.3. The number of nitrogens with one attached hydrogen (secondary N) is 1. The second-order valence-corrected chi connectivity index (χ2v) is 7.74. The molecule has 0 bridgehead atoms. The number of amides is 1. The molecule has 0 unspecified atom stereocenters. The van der Waals surface area contributed by atoms with Crippen LogP contribution in [0.2, 0.25) is 0 Å². The highest BCUT2D eigenvalue weighted by molar-refractivity contribution is 5.81. The number of benzene rings is 1. The summed E-state index contributed by atoms with van der Waals surface area (Å²) in [6.07, 6.45) is -0.459. The molecule has 2 aliphatic heterocycles. The summed E-state index contributed by atoms with van der Waals surface area (Å²) in [6, 6.07) is 7.64. The van der Waals surface area contributed by atoms with Gasteiger partial charge >= 0.3 is 12.1 Å². The smallest absolute Gasteiger partial charge is 0.475 e. The van der Waals surface area contributed by atoms with Gasteiger partial charge in [0.15, 0.2) is 0 Å². The highest BCUT2D eigenvalue weighted by atomic mass is 19.4. The second-order valence-electron chi connectivity index (χ2n) is 7.74. The van der Waals surface area contributed by atoms with Crippen molar-refractivity contribution in [3.8, 4) is 0 Å². The third-order valence-electron chi connectivity index (χ3n) is 5.45. The van der Waals surface area contributed by atoms with Crippen LogP contribution < -0.4 is 5.32 Å². The van der Waals surface area contributed by atoms with Gasteiger partial charge in [0.05, 0.1) is 6.10 Å². The molecular weight excluding hydrogens is 408 g/mol. The molecule has 3 fully saturated rings. The minimum atomic E-state index is -5.08. The molecule has 1 saturated carbocycles. The maximum absolute atomic E-state index is 13.9. The van der Waals surface area contributed by atoms with Gasteiger partial charge in [-0.1, -0.05) is 18.2 Å². The Morgan fingerprint density at radius 1 is 1.13 bits per heavy atom. The van der Waals surface area contributed by atoms with E-state index in [2.05, 4.69) is 10.2 Å². The van der Waals surface area contributed by atoms with Crippen molar-refractivity contribution in [2.75, 3.05) is 6.54 Å². The Bertz CT molecular complexity index is 769. The number of hydrogen-bond donors (Lipinski definition) is 2. The third-order valence-corrected chi connectivity index (χ3v) is 5.45. The Balaban J connectivity index is 0.000000318. The number of carbonyl (C=O) groups excluding carboxylic acids is 1. The molecule has 2 heterocycles. The summed E-state index contributed by atoms with van der Waals surface area (Å²) in [7, 11) is 0. The predicted octanol–water partition coefficient (Wildman–Crippen LogP) is 2.86. The van der Waals surface area contributed by atoms with E-state index in [1.165, 1.54) is 6.07 Å². The zero-order chi connectivity index (χ0) is 21.9. The van der Waals surface area contributed by atoms with Crippen LogP contribution in [0, 0.1) is 5.82 Å². The van der Waals surface area contributed by atoms with Gasteiger partial charge in [-0.2, -0.15) is 13.2 Å². The Morgan fingerprint density at radius 2 is 1.80 bits per heavy atom. The predicted molar refractivity (Wildman–Crippen MR) is 98.0 cm³/mol. The van der Waals surface area contributed by atoms with Gasteiger partial charge in [0.2, 0.25) is 5.91 Å². The largest absolute Gasteiger partial charge is 0.490 e. The lowest BCUT2D eigenvalue weighted by atomic mass is 9.98. The van der Waals surface area contributed by atoms with Gasteiger partial charge in [-0.3, -0.25) is 9.69 Å². The van der Waals surface area contributed by atoms with Crippen molar-refractivity contribution in [3.63, 3.8) is 0 Å². The summed E-state index contributed by atoms with van der Waals surface area (Å²) in [6.45, 7) is 1.52. The monoisotopic (exact) mass is 432 g/mol. The Kier molecular flexibility index (Phi) is 6.97. The molecule has 0 spiro atoms. The van der Waals surface area contributed by atoms with Gasteiger partial charge in [-0.15, -0.1) is 0 Å². The lowest BCUT2D eigenvalue weighted by molar-refractivity contribution is -0.192. The zero-order valence-electron chi connectivity index (χ0n) is 16.2. The first-order valence-corrected chi connectivity index (χ1v) is 9.88. The van der Waals surface area contributed by atoms with Crippen LogP contribution in [0.25, 0.3) is 0 Å². The van der Waals surface area contributed by atoms with E-state index in [9.17, 15) is 22.4 Å². The Labute approximate surface area is 171 Å². The van der Waals surface area contributed by atoms with Crippen molar-refractivity contribution in [2.24, 2.45) is 0 Å². The molecule has 2 N–H and O–H groups in total. The minimum absolute atomic E-state index is 0.0542. The van der Waals surface area contributed by atoms with Gasteiger partial charge in [-0.25, -0.2) is 9.18 Å². The second kappa shape index (κ2) is 9.30. The molecule has 1 aromatic carbocycles. The van der Waals surface area contributed by atoms with Crippen LogP contribution >= 0.6 is 0 Å². The van der Waals surface area contributed by atoms with E-state index in [1.54, 1.807) is 6.07 Å². The van der Waals surface area contributed by atoms with Crippen LogP contribution in [0.3, 0.4) is 0 Å². The highest BCUT2D eigenvalue weighted by Gasteiger charge is 2.42. The molecule has 0 aromatic heterocycles. The minimum Gasteiger partial charge on any atom is -0.475 e. The Hall–Kier alpha value is -2.20. The van der Waals surface area contributed by atoms with Crippen LogP contribution in [0.5, 0.6) is 0 Å². The molecule has 10 heteroatoms. The van der Waals surface area contributed by atoms with Gasteiger partial charge in [0.25, 0.3) is 0 Å². The number of alkyl halides is 3. The number of rotatable bonds is 4. The van der Waals surface area contributed by atoms with E-state index < -0.39 is 12.1 Å². The van der Waals surface area contributed by atoms with Crippen LogP contribution in [0.4, 0.5) is 17.6 Å². The number of nitrogens with zero attached hydrogens (tertiary/aromatic N) is 1. The topological polar surface area (TPSA) is 78.9 Å². The SMILES string of the molecule is O=C(NC1CC1)[C@H]1CC[C@@H]2[C@@H](CCN2Cc2ccccc2F)O1.O=C(O)C(F)(F)F. The molecule has 3 atom stereocenters. The lowest BCUT2D eigenvalue weighted by Gasteiger charge is -2.35. The molecule has 6 nitrogen and oxygen atoms in total. The summed E-state index contributed by atoms with van der Waals surface area (Å²) in [5.74, 6) is -2.85. The molecule has 1 aromatic rings. The maximum Gasteiger partial charge on any atom is 0.490 e. The number of carboxylic acids is 1. The van der Waals surface area contributed by atoms with Crippen LogP contribution in [-0.2, 0) is 20.9 Å². The fourth-order valence-corrected chi connectivity index (χ4v) is 3.77. The zero-order valence-corrected chi connectivity index (χ0v) is 16.2. The molecular formula is C20H24F4N2O4. The van der Waals surface area contributed by atoms with E-state index >= 15 is 0 Å². The number of likely N-dealkylation sites (tertiary alicyclic amines) is 1. The number of halogens is 4. The molecule has 3 aliphatic rings. The molecule has 4 rings (SSSR count). The van der Waals surface area contributed by atoms with Gasteiger partial charge < -0.3 is 15.2 Å².